The van der Waals surface area contributed by atoms with Crippen molar-refractivity contribution in [3.63, 3.8) is 0 Å². The topological polar surface area (TPSA) is 72.8 Å². The number of hydrogen-bond acceptors (Lipinski definition) is 6. The van der Waals surface area contributed by atoms with Crippen LogP contribution in [0.25, 0.3) is 0 Å². The summed E-state index contributed by atoms with van der Waals surface area (Å²) in [7, 11) is 0. The van der Waals surface area contributed by atoms with Gasteiger partial charge in [0.2, 0.25) is 0 Å². The average molecular weight is 310 g/mol. The van der Waals surface area contributed by atoms with Gasteiger partial charge in [-0.1, -0.05) is 30.3 Å². The van der Waals surface area contributed by atoms with Crippen molar-refractivity contribution in [1.29, 1.82) is 0 Å². The molecule has 0 radical (unpaired) electrons. The summed E-state index contributed by atoms with van der Waals surface area (Å²) in [6.07, 6.45) is 0. The van der Waals surface area contributed by atoms with E-state index >= 15 is 0 Å². The van der Waals surface area contributed by atoms with E-state index < -0.39 is 28.9 Å². The molecule has 0 aromatic heterocycles. The molecule has 0 amide bonds. The normalized spacial score (nSPS) is 19.8. The van der Waals surface area contributed by atoms with Crippen molar-refractivity contribution < 1.29 is 24.2 Å². The van der Waals surface area contributed by atoms with Gasteiger partial charge in [-0.3, -0.25) is 9.59 Å². The molecule has 1 aromatic carbocycles. The lowest BCUT2D eigenvalue weighted by atomic mass is 9.97. The minimum absolute atomic E-state index is 0.0314. The van der Waals surface area contributed by atoms with Gasteiger partial charge in [0.1, 0.15) is 0 Å². The van der Waals surface area contributed by atoms with Gasteiger partial charge in [0, 0.05) is 19.6 Å². The Morgan fingerprint density at radius 3 is 2.29 bits per heavy atom. The first-order valence-electron chi connectivity index (χ1n) is 6.68. The number of benzene rings is 1. The maximum absolute atomic E-state index is 12.2. The SMILES string of the molecule is CC1(C)OC(=O)C(C(SCCO)c2ccccc2)C(=O)O1. The van der Waals surface area contributed by atoms with Gasteiger partial charge in [-0.15, -0.1) is 11.8 Å². The van der Waals surface area contributed by atoms with Crippen LogP contribution in [0.1, 0.15) is 24.7 Å². The fourth-order valence-electron chi connectivity index (χ4n) is 2.18. The Balaban J connectivity index is 2.28. The molecule has 2 rings (SSSR count). The molecule has 0 saturated carbocycles. The Kier molecular flexibility index (Phi) is 4.90. The zero-order chi connectivity index (χ0) is 15.5. The third-order valence-corrected chi connectivity index (χ3v) is 4.34. The van der Waals surface area contributed by atoms with Gasteiger partial charge in [-0.25, -0.2) is 0 Å². The molecule has 0 bridgehead atoms. The predicted octanol–water partition coefficient (Wildman–Crippen LogP) is 1.91. The van der Waals surface area contributed by atoms with E-state index in [4.69, 9.17) is 14.6 Å². The summed E-state index contributed by atoms with van der Waals surface area (Å²) in [4.78, 5) is 24.4. The van der Waals surface area contributed by atoms with Crippen LogP contribution < -0.4 is 0 Å². The molecule has 0 aliphatic carbocycles. The van der Waals surface area contributed by atoms with Gasteiger partial charge < -0.3 is 14.6 Å². The lowest BCUT2D eigenvalue weighted by Crippen LogP contribution is -2.47. The first kappa shape index (κ1) is 15.9. The number of carbonyl (C=O) groups excluding carboxylic acids is 2. The smallest absolute Gasteiger partial charge is 0.325 e. The Hall–Kier alpha value is -1.53. The van der Waals surface area contributed by atoms with Crippen molar-refractivity contribution in [3.8, 4) is 0 Å². The van der Waals surface area contributed by atoms with Crippen molar-refractivity contribution in [2.75, 3.05) is 12.4 Å². The number of esters is 2. The fourth-order valence-corrected chi connectivity index (χ4v) is 3.31. The number of ether oxygens (including phenoxy) is 2. The van der Waals surface area contributed by atoms with Crippen molar-refractivity contribution in [2.45, 2.75) is 24.9 Å². The molecule has 1 atom stereocenters. The minimum Gasteiger partial charge on any atom is -0.422 e. The highest BCUT2D eigenvalue weighted by Gasteiger charge is 2.47. The van der Waals surface area contributed by atoms with Gasteiger partial charge in [-0.05, 0) is 5.56 Å². The van der Waals surface area contributed by atoms with Crippen LogP contribution in [0.5, 0.6) is 0 Å². The number of thioether (sulfide) groups is 1. The lowest BCUT2D eigenvalue weighted by Gasteiger charge is -2.35. The van der Waals surface area contributed by atoms with Crippen molar-refractivity contribution >= 4 is 23.7 Å². The van der Waals surface area contributed by atoms with Gasteiger partial charge >= 0.3 is 11.9 Å². The van der Waals surface area contributed by atoms with Crippen LogP contribution in [0.2, 0.25) is 0 Å². The van der Waals surface area contributed by atoms with Crippen LogP contribution in [-0.4, -0.2) is 35.2 Å². The predicted molar refractivity (Wildman–Crippen MR) is 78.5 cm³/mol. The number of cyclic esters (lactones) is 2. The average Bonchev–Trinajstić information content (AvgIpc) is 2.41. The molecule has 1 fully saturated rings. The maximum Gasteiger partial charge on any atom is 0.325 e. The molecule has 1 saturated heterocycles. The second-order valence-corrected chi connectivity index (χ2v) is 6.39. The van der Waals surface area contributed by atoms with Gasteiger partial charge in [0.25, 0.3) is 5.79 Å². The van der Waals surface area contributed by atoms with Gasteiger partial charge in [-0.2, -0.15) is 0 Å². The van der Waals surface area contributed by atoms with Crippen LogP contribution in [0.15, 0.2) is 30.3 Å². The van der Waals surface area contributed by atoms with E-state index in [1.165, 1.54) is 25.6 Å². The summed E-state index contributed by atoms with van der Waals surface area (Å²) in [5.41, 5.74) is 0.828. The number of rotatable bonds is 5. The minimum atomic E-state index is -1.23. The third-order valence-electron chi connectivity index (χ3n) is 3.02. The van der Waals surface area contributed by atoms with E-state index in [0.29, 0.717) is 5.75 Å². The van der Waals surface area contributed by atoms with Crippen molar-refractivity contribution in [3.05, 3.63) is 35.9 Å². The molecular formula is C15H18O5S. The Bertz CT molecular complexity index is 494. The number of aliphatic hydroxyl groups is 1. The molecular weight excluding hydrogens is 292 g/mol. The van der Waals surface area contributed by atoms with E-state index in [9.17, 15) is 9.59 Å². The second kappa shape index (κ2) is 6.49. The lowest BCUT2D eigenvalue weighted by molar-refractivity contribution is -0.239. The quantitative estimate of drug-likeness (QED) is 0.661. The van der Waals surface area contributed by atoms with Crippen LogP contribution in [0.3, 0.4) is 0 Å². The first-order valence-corrected chi connectivity index (χ1v) is 7.72. The zero-order valence-electron chi connectivity index (χ0n) is 11.9. The highest BCUT2D eigenvalue weighted by Crippen LogP contribution is 2.40. The highest BCUT2D eigenvalue weighted by atomic mass is 32.2. The van der Waals surface area contributed by atoms with E-state index in [2.05, 4.69) is 0 Å². The van der Waals surface area contributed by atoms with Crippen molar-refractivity contribution in [2.24, 2.45) is 5.92 Å². The Morgan fingerprint density at radius 1 is 1.19 bits per heavy atom. The molecule has 1 heterocycles. The fraction of sp³-hybridized carbons (Fsp3) is 0.467. The first-order chi connectivity index (χ1) is 9.94. The summed E-state index contributed by atoms with van der Waals surface area (Å²) in [5.74, 6) is -3.00. The highest BCUT2D eigenvalue weighted by molar-refractivity contribution is 7.99. The van der Waals surface area contributed by atoms with Crippen LogP contribution in [-0.2, 0) is 19.1 Å². The maximum atomic E-state index is 12.2. The van der Waals surface area contributed by atoms with Gasteiger partial charge in [0.05, 0.1) is 11.9 Å². The number of hydrogen-bond donors (Lipinski definition) is 1. The molecule has 6 heteroatoms. The Morgan fingerprint density at radius 2 is 1.76 bits per heavy atom. The van der Waals surface area contributed by atoms with Gasteiger partial charge in [0.15, 0.2) is 5.92 Å². The van der Waals surface area contributed by atoms with E-state index in [0.717, 1.165) is 5.56 Å². The standard InChI is InChI=1S/C15H18O5S/c1-15(2)19-13(17)11(14(18)20-15)12(21-9-8-16)10-6-4-3-5-7-10/h3-7,11-12,16H,8-9H2,1-2H3. The summed E-state index contributed by atoms with van der Waals surface area (Å²) >= 11 is 1.34. The van der Waals surface area contributed by atoms with E-state index in [1.807, 2.05) is 30.3 Å². The number of aliphatic hydroxyl groups excluding tert-OH is 1. The third kappa shape index (κ3) is 3.77. The van der Waals surface area contributed by atoms with Crippen LogP contribution in [0, 0.1) is 5.92 Å². The largest absolute Gasteiger partial charge is 0.422 e. The molecule has 1 N–H and O–H groups in total. The van der Waals surface area contributed by atoms with Crippen LogP contribution >= 0.6 is 11.8 Å². The zero-order valence-corrected chi connectivity index (χ0v) is 12.8. The molecule has 1 aliphatic rings. The molecule has 1 aromatic rings. The Labute approximate surface area is 127 Å². The molecule has 21 heavy (non-hydrogen) atoms. The summed E-state index contributed by atoms with van der Waals surface area (Å²) in [6.45, 7) is 3.02. The molecule has 114 valence electrons. The van der Waals surface area contributed by atoms with Crippen molar-refractivity contribution in [1.82, 2.24) is 0 Å². The second-order valence-electron chi connectivity index (χ2n) is 5.15. The summed E-state index contributed by atoms with van der Waals surface area (Å²) in [5, 5.41) is 8.59. The monoisotopic (exact) mass is 310 g/mol. The number of carbonyl (C=O) groups is 2. The molecule has 0 spiro atoms. The van der Waals surface area contributed by atoms with E-state index in [1.54, 1.807) is 0 Å². The van der Waals surface area contributed by atoms with Crippen LogP contribution in [0.4, 0.5) is 0 Å². The molecule has 1 aliphatic heterocycles. The molecule has 1 unspecified atom stereocenters. The summed E-state index contributed by atoms with van der Waals surface area (Å²) < 4.78 is 10.4. The molecule has 5 nitrogen and oxygen atoms in total. The summed E-state index contributed by atoms with van der Waals surface area (Å²) in [6, 6.07) is 9.22. The van der Waals surface area contributed by atoms with E-state index in [-0.39, 0.29) is 6.61 Å².